The van der Waals surface area contributed by atoms with Gasteiger partial charge in [-0.25, -0.2) is 0 Å². The fourth-order valence-electron chi connectivity index (χ4n) is 2.76. The van der Waals surface area contributed by atoms with E-state index in [9.17, 15) is 35.9 Å². The Kier molecular flexibility index (Phi) is 6.02. The number of benzene rings is 2. The highest BCUT2D eigenvalue weighted by atomic mass is 32.2. The van der Waals surface area contributed by atoms with E-state index < -0.39 is 40.5 Å². The van der Waals surface area contributed by atoms with Crippen LogP contribution in [0.5, 0.6) is 0 Å². The molecule has 1 aliphatic rings. The van der Waals surface area contributed by atoms with E-state index in [0.29, 0.717) is 4.90 Å². The van der Waals surface area contributed by atoms with Crippen LogP contribution in [0.1, 0.15) is 23.1 Å². The Labute approximate surface area is 171 Å². The minimum atomic E-state index is -4.55. The van der Waals surface area contributed by atoms with Gasteiger partial charge in [-0.2, -0.15) is 26.3 Å². The quantitative estimate of drug-likeness (QED) is 0.658. The van der Waals surface area contributed by atoms with Gasteiger partial charge < -0.3 is 10.6 Å². The highest BCUT2D eigenvalue weighted by molar-refractivity contribution is 8.01. The van der Waals surface area contributed by atoms with E-state index in [1.54, 1.807) is 0 Å². The first kappa shape index (κ1) is 22.0. The smallest absolute Gasteiger partial charge is 0.352 e. The van der Waals surface area contributed by atoms with Crippen molar-refractivity contribution in [3.8, 4) is 0 Å². The van der Waals surface area contributed by atoms with Gasteiger partial charge in [0.15, 0.2) is 0 Å². The number of thioether (sulfide) groups is 1. The Morgan fingerprint density at radius 2 is 1.67 bits per heavy atom. The molecule has 4 nitrogen and oxygen atoms in total. The first-order valence-corrected chi connectivity index (χ1v) is 9.43. The molecule has 0 aromatic heterocycles. The number of halogens is 6. The molecule has 3 rings (SSSR count). The molecule has 0 spiro atoms. The second-order valence-electron chi connectivity index (χ2n) is 6.48. The lowest BCUT2D eigenvalue weighted by atomic mass is 10.1. The standard InChI is InChI=1S/C19H14F6N2O2S/c20-18(21,22)11-3-1-2-10(6-11)9-26-16(28)8-15-17(29)27-13-7-12(19(23,24)25)4-5-14(13)30-15/h1-7,15H,8-9H2,(H,26,28)(H,27,29). The molecule has 0 saturated carbocycles. The maximum atomic E-state index is 12.8. The van der Waals surface area contributed by atoms with Crippen molar-refractivity contribution in [1.82, 2.24) is 5.32 Å². The molecule has 1 aliphatic heterocycles. The topological polar surface area (TPSA) is 58.2 Å². The summed E-state index contributed by atoms with van der Waals surface area (Å²) in [6, 6.07) is 7.40. The van der Waals surface area contributed by atoms with Gasteiger partial charge in [0.25, 0.3) is 0 Å². The summed E-state index contributed by atoms with van der Waals surface area (Å²) in [5.74, 6) is -1.20. The zero-order valence-electron chi connectivity index (χ0n) is 15.0. The van der Waals surface area contributed by atoms with Crippen molar-refractivity contribution in [2.45, 2.75) is 35.5 Å². The third kappa shape index (κ3) is 5.26. The summed E-state index contributed by atoms with van der Waals surface area (Å²) in [6.07, 6.45) is -9.34. The molecule has 11 heteroatoms. The molecule has 1 unspecified atom stereocenters. The first-order chi connectivity index (χ1) is 13.9. The van der Waals surface area contributed by atoms with Crippen LogP contribution >= 0.6 is 11.8 Å². The molecule has 0 radical (unpaired) electrons. The second-order valence-corrected chi connectivity index (χ2v) is 7.73. The third-order valence-corrected chi connectivity index (χ3v) is 5.52. The van der Waals surface area contributed by atoms with E-state index in [0.717, 1.165) is 36.0 Å². The number of rotatable bonds is 4. The van der Waals surface area contributed by atoms with Crippen LogP contribution in [0, 0.1) is 0 Å². The van der Waals surface area contributed by atoms with Gasteiger partial charge >= 0.3 is 12.4 Å². The maximum absolute atomic E-state index is 12.8. The van der Waals surface area contributed by atoms with Gasteiger partial charge in [0.2, 0.25) is 11.8 Å². The Balaban J connectivity index is 1.61. The lowest BCUT2D eigenvalue weighted by Gasteiger charge is -2.24. The summed E-state index contributed by atoms with van der Waals surface area (Å²) in [4.78, 5) is 24.7. The molecule has 0 fully saturated rings. The molecule has 2 N–H and O–H groups in total. The van der Waals surface area contributed by atoms with Crippen LogP contribution in [0.15, 0.2) is 47.4 Å². The van der Waals surface area contributed by atoms with Crippen molar-refractivity contribution < 1.29 is 35.9 Å². The van der Waals surface area contributed by atoms with Gasteiger partial charge in [0, 0.05) is 17.9 Å². The molecule has 2 aromatic rings. The lowest BCUT2D eigenvalue weighted by Crippen LogP contribution is -2.34. The van der Waals surface area contributed by atoms with Gasteiger partial charge in [0.1, 0.15) is 0 Å². The van der Waals surface area contributed by atoms with E-state index in [-0.39, 0.29) is 24.2 Å². The number of hydrogen-bond donors (Lipinski definition) is 2. The van der Waals surface area contributed by atoms with E-state index in [4.69, 9.17) is 0 Å². The average Bonchev–Trinajstić information content (AvgIpc) is 2.65. The van der Waals surface area contributed by atoms with Gasteiger partial charge in [-0.15, -0.1) is 11.8 Å². The summed E-state index contributed by atoms with van der Waals surface area (Å²) in [5.41, 5.74) is -1.49. The number of hydrogen-bond acceptors (Lipinski definition) is 3. The van der Waals surface area contributed by atoms with E-state index in [1.807, 2.05) is 0 Å². The number of fused-ring (bicyclic) bond motifs is 1. The molecule has 0 aliphatic carbocycles. The van der Waals surface area contributed by atoms with Crippen molar-refractivity contribution in [3.63, 3.8) is 0 Å². The molecule has 1 heterocycles. The van der Waals surface area contributed by atoms with Gasteiger partial charge in [-0.1, -0.05) is 12.1 Å². The van der Waals surface area contributed by atoms with E-state index >= 15 is 0 Å². The Bertz CT molecular complexity index is 974. The Hall–Kier alpha value is -2.69. The molecule has 0 bridgehead atoms. The first-order valence-electron chi connectivity index (χ1n) is 8.55. The summed E-state index contributed by atoms with van der Waals surface area (Å²) < 4.78 is 76.6. The molecule has 30 heavy (non-hydrogen) atoms. The van der Waals surface area contributed by atoms with Gasteiger partial charge in [-0.3, -0.25) is 9.59 Å². The van der Waals surface area contributed by atoms with Gasteiger partial charge in [0.05, 0.1) is 22.1 Å². The van der Waals surface area contributed by atoms with E-state index in [1.165, 1.54) is 18.2 Å². The number of carbonyl (C=O) groups is 2. The van der Waals surface area contributed by atoms with Crippen molar-refractivity contribution in [2.24, 2.45) is 0 Å². The molecule has 1 atom stereocenters. The van der Waals surface area contributed by atoms with Crippen LogP contribution in [0.4, 0.5) is 32.0 Å². The highest BCUT2D eigenvalue weighted by Gasteiger charge is 2.34. The minimum Gasteiger partial charge on any atom is -0.352 e. The summed E-state index contributed by atoms with van der Waals surface area (Å²) in [7, 11) is 0. The van der Waals surface area contributed by atoms with Crippen molar-refractivity contribution in [2.75, 3.05) is 5.32 Å². The minimum absolute atomic E-state index is 0.0143. The predicted octanol–water partition coefficient (Wildman–Crippen LogP) is 4.84. The normalized spacial score (nSPS) is 16.6. The van der Waals surface area contributed by atoms with Crippen LogP contribution in [0.3, 0.4) is 0 Å². The summed E-state index contributed by atoms with van der Waals surface area (Å²) in [6.45, 7) is -0.159. The molecular formula is C19H14F6N2O2S. The Morgan fingerprint density at radius 1 is 1.00 bits per heavy atom. The van der Waals surface area contributed by atoms with Crippen LogP contribution in [0.2, 0.25) is 0 Å². The van der Waals surface area contributed by atoms with Crippen LogP contribution in [-0.4, -0.2) is 17.1 Å². The summed E-state index contributed by atoms with van der Waals surface area (Å²) >= 11 is 0.951. The fourth-order valence-corrected chi connectivity index (χ4v) is 3.85. The van der Waals surface area contributed by atoms with Gasteiger partial charge in [-0.05, 0) is 35.9 Å². The molecule has 0 saturated heterocycles. The lowest BCUT2D eigenvalue weighted by molar-refractivity contribution is -0.138. The van der Waals surface area contributed by atoms with Crippen molar-refractivity contribution in [3.05, 3.63) is 59.2 Å². The largest absolute Gasteiger partial charge is 0.416 e. The number of nitrogens with one attached hydrogen (secondary N) is 2. The molecule has 2 aromatic carbocycles. The summed E-state index contributed by atoms with van der Waals surface area (Å²) in [5, 5.41) is 3.93. The maximum Gasteiger partial charge on any atom is 0.416 e. The number of alkyl halides is 6. The predicted molar refractivity (Wildman–Crippen MR) is 97.6 cm³/mol. The van der Waals surface area contributed by atoms with Crippen LogP contribution in [0.25, 0.3) is 0 Å². The third-order valence-electron chi connectivity index (χ3n) is 4.24. The molecule has 2 amide bonds. The van der Waals surface area contributed by atoms with Crippen molar-refractivity contribution in [1.29, 1.82) is 0 Å². The number of anilines is 1. The SMILES string of the molecule is O=C(CC1Sc2ccc(C(F)(F)F)cc2NC1=O)NCc1cccc(C(F)(F)F)c1. The number of carbonyl (C=O) groups excluding carboxylic acids is 2. The zero-order chi connectivity index (χ0) is 22.1. The van der Waals surface area contributed by atoms with Crippen LogP contribution < -0.4 is 10.6 Å². The molecule has 160 valence electrons. The highest BCUT2D eigenvalue weighted by Crippen LogP contribution is 2.40. The average molecular weight is 448 g/mol. The fraction of sp³-hybridized carbons (Fsp3) is 0.263. The van der Waals surface area contributed by atoms with Crippen molar-refractivity contribution >= 4 is 29.3 Å². The molecular weight excluding hydrogens is 434 g/mol. The Morgan fingerprint density at radius 3 is 2.33 bits per heavy atom. The van der Waals surface area contributed by atoms with E-state index in [2.05, 4.69) is 10.6 Å². The zero-order valence-corrected chi connectivity index (χ0v) is 15.8. The van der Waals surface area contributed by atoms with Crippen LogP contribution in [-0.2, 0) is 28.5 Å². The monoisotopic (exact) mass is 448 g/mol. The second kappa shape index (κ2) is 8.21. The number of amides is 2.